The number of aromatic amines is 1. The minimum Gasteiger partial charge on any atom is -0.346 e. The molecule has 7 heteroatoms. The van der Waals surface area contributed by atoms with Crippen molar-refractivity contribution in [2.24, 2.45) is 5.92 Å². The summed E-state index contributed by atoms with van der Waals surface area (Å²) in [4.78, 5) is 16.3. The van der Waals surface area contributed by atoms with E-state index in [4.69, 9.17) is 0 Å². The standard InChI is InChI=1S/C20H23F2N5/c1-13-4-6-27(11-14-8-15(21)10-16(22)9-14)18(7-13)26(2)20-17-3-5-23-19(17)24-12-25-20/h3,5,8-10,12-13,18H,4,6-7,11H2,1-2H3,(H,23,24,25). The van der Waals surface area contributed by atoms with Gasteiger partial charge >= 0.3 is 0 Å². The van der Waals surface area contributed by atoms with Crippen LogP contribution in [0.15, 0.2) is 36.8 Å². The summed E-state index contributed by atoms with van der Waals surface area (Å²) in [5.41, 5.74) is 1.45. The van der Waals surface area contributed by atoms with E-state index in [9.17, 15) is 8.78 Å². The Morgan fingerprint density at radius 3 is 2.78 bits per heavy atom. The number of anilines is 1. The highest BCUT2D eigenvalue weighted by Crippen LogP contribution is 2.31. The Kier molecular flexibility index (Phi) is 4.78. The van der Waals surface area contributed by atoms with E-state index in [2.05, 4.69) is 31.7 Å². The molecule has 5 nitrogen and oxygen atoms in total. The van der Waals surface area contributed by atoms with Crippen LogP contribution in [0, 0.1) is 17.6 Å². The molecule has 4 rings (SSSR count). The zero-order valence-corrected chi connectivity index (χ0v) is 15.5. The van der Waals surface area contributed by atoms with Gasteiger partial charge in [0.1, 0.15) is 29.4 Å². The van der Waals surface area contributed by atoms with Gasteiger partial charge in [0.25, 0.3) is 0 Å². The van der Waals surface area contributed by atoms with E-state index < -0.39 is 11.6 Å². The lowest BCUT2D eigenvalue weighted by molar-refractivity contribution is 0.110. The number of halogens is 2. The number of nitrogens with one attached hydrogen (secondary N) is 1. The van der Waals surface area contributed by atoms with Gasteiger partial charge in [-0.15, -0.1) is 0 Å². The molecule has 142 valence electrons. The first-order valence-electron chi connectivity index (χ1n) is 9.21. The molecule has 2 unspecified atom stereocenters. The molecule has 0 amide bonds. The second-order valence-corrected chi connectivity index (χ2v) is 7.41. The first kappa shape index (κ1) is 17.9. The highest BCUT2D eigenvalue weighted by Gasteiger charge is 2.31. The van der Waals surface area contributed by atoms with E-state index in [1.54, 1.807) is 6.33 Å². The second-order valence-electron chi connectivity index (χ2n) is 7.41. The Hall–Kier alpha value is -2.54. The normalized spacial score (nSPS) is 20.9. The molecule has 2 atom stereocenters. The Morgan fingerprint density at radius 1 is 1.22 bits per heavy atom. The summed E-state index contributed by atoms with van der Waals surface area (Å²) in [5, 5.41) is 0.968. The molecule has 0 saturated carbocycles. The molecule has 2 aromatic heterocycles. The Morgan fingerprint density at radius 2 is 2.00 bits per heavy atom. The monoisotopic (exact) mass is 371 g/mol. The van der Waals surface area contributed by atoms with Crippen molar-refractivity contribution in [1.29, 1.82) is 0 Å². The molecule has 1 fully saturated rings. The third-order valence-electron chi connectivity index (χ3n) is 5.37. The van der Waals surface area contributed by atoms with Gasteiger partial charge in [-0.25, -0.2) is 18.7 Å². The van der Waals surface area contributed by atoms with Crippen LogP contribution in [-0.4, -0.2) is 39.6 Å². The van der Waals surface area contributed by atoms with Crippen molar-refractivity contribution >= 4 is 16.9 Å². The van der Waals surface area contributed by atoms with E-state index >= 15 is 0 Å². The molecule has 3 aromatic rings. The maximum atomic E-state index is 13.6. The van der Waals surface area contributed by atoms with Crippen molar-refractivity contribution in [3.63, 3.8) is 0 Å². The largest absolute Gasteiger partial charge is 0.346 e. The summed E-state index contributed by atoms with van der Waals surface area (Å²) in [5.74, 6) is 0.354. The highest BCUT2D eigenvalue weighted by molar-refractivity contribution is 5.87. The molecule has 1 aliphatic heterocycles. The molecule has 0 aliphatic carbocycles. The SMILES string of the molecule is CC1CCN(Cc2cc(F)cc(F)c2)C(N(C)c2ncnc3[nH]ccc23)C1. The fraction of sp³-hybridized carbons (Fsp3) is 0.400. The first-order valence-corrected chi connectivity index (χ1v) is 9.21. The smallest absolute Gasteiger partial charge is 0.142 e. The van der Waals surface area contributed by atoms with Gasteiger partial charge < -0.3 is 9.88 Å². The molecule has 0 bridgehead atoms. The number of H-pyrrole nitrogens is 1. The fourth-order valence-corrected chi connectivity index (χ4v) is 3.97. The van der Waals surface area contributed by atoms with Gasteiger partial charge in [0.05, 0.1) is 11.6 Å². The minimum atomic E-state index is -0.537. The minimum absolute atomic E-state index is 0.0908. The van der Waals surface area contributed by atoms with Crippen LogP contribution in [0.2, 0.25) is 0 Å². The molecule has 0 spiro atoms. The highest BCUT2D eigenvalue weighted by atomic mass is 19.1. The van der Waals surface area contributed by atoms with Crippen LogP contribution in [0.1, 0.15) is 25.3 Å². The number of hydrogen-bond donors (Lipinski definition) is 1. The molecule has 1 aliphatic rings. The average Bonchev–Trinajstić information content (AvgIpc) is 3.10. The Bertz CT molecular complexity index is 921. The van der Waals surface area contributed by atoms with Gasteiger partial charge in [-0.05, 0) is 42.5 Å². The Balaban J connectivity index is 1.64. The van der Waals surface area contributed by atoms with Gasteiger partial charge in [0.15, 0.2) is 0 Å². The summed E-state index contributed by atoms with van der Waals surface area (Å²) < 4.78 is 27.2. The molecule has 0 radical (unpaired) electrons. The summed E-state index contributed by atoms with van der Waals surface area (Å²) in [7, 11) is 2.02. The molecule has 1 saturated heterocycles. The molecule has 1 aromatic carbocycles. The van der Waals surface area contributed by atoms with E-state index in [0.717, 1.165) is 42.3 Å². The third kappa shape index (κ3) is 3.64. The first-order chi connectivity index (χ1) is 13.0. The topological polar surface area (TPSA) is 48.1 Å². The average molecular weight is 371 g/mol. The second kappa shape index (κ2) is 7.23. The zero-order chi connectivity index (χ0) is 19.0. The maximum Gasteiger partial charge on any atom is 0.142 e. The predicted molar refractivity (Wildman–Crippen MR) is 101 cm³/mol. The van der Waals surface area contributed by atoms with Crippen molar-refractivity contribution < 1.29 is 8.78 Å². The van der Waals surface area contributed by atoms with Crippen molar-refractivity contribution in [3.05, 3.63) is 54.0 Å². The quantitative estimate of drug-likeness (QED) is 0.755. The van der Waals surface area contributed by atoms with Crippen LogP contribution in [0.4, 0.5) is 14.6 Å². The van der Waals surface area contributed by atoms with E-state index in [1.807, 2.05) is 19.3 Å². The number of fused-ring (bicyclic) bond motifs is 1. The molecular formula is C20H23F2N5. The van der Waals surface area contributed by atoms with Gasteiger partial charge in [0.2, 0.25) is 0 Å². The van der Waals surface area contributed by atoms with E-state index in [-0.39, 0.29) is 6.17 Å². The number of rotatable bonds is 4. The number of hydrogen-bond acceptors (Lipinski definition) is 4. The summed E-state index contributed by atoms with van der Waals surface area (Å²) >= 11 is 0. The lowest BCUT2D eigenvalue weighted by atomic mass is 9.95. The molecule has 3 heterocycles. The fourth-order valence-electron chi connectivity index (χ4n) is 3.97. The predicted octanol–water partition coefficient (Wildman–Crippen LogP) is 3.93. The van der Waals surface area contributed by atoms with Gasteiger partial charge in [-0.3, -0.25) is 4.90 Å². The molecule has 27 heavy (non-hydrogen) atoms. The van der Waals surface area contributed by atoms with Crippen molar-refractivity contribution in [1.82, 2.24) is 19.9 Å². The number of aromatic nitrogens is 3. The summed E-state index contributed by atoms with van der Waals surface area (Å²) in [6, 6.07) is 5.70. The lowest BCUT2D eigenvalue weighted by Gasteiger charge is -2.43. The van der Waals surface area contributed by atoms with Crippen LogP contribution < -0.4 is 4.90 Å². The zero-order valence-electron chi connectivity index (χ0n) is 15.5. The van der Waals surface area contributed by atoms with Crippen LogP contribution in [0.5, 0.6) is 0 Å². The summed E-state index contributed by atoms with van der Waals surface area (Å²) in [6.07, 6.45) is 5.53. The number of likely N-dealkylation sites (tertiary alicyclic amines) is 1. The lowest BCUT2D eigenvalue weighted by Crippen LogP contribution is -2.51. The van der Waals surface area contributed by atoms with Gasteiger partial charge in [-0.2, -0.15) is 0 Å². The summed E-state index contributed by atoms with van der Waals surface area (Å²) in [6.45, 7) is 3.61. The van der Waals surface area contributed by atoms with Crippen LogP contribution in [0.25, 0.3) is 11.0 Å². The van der Waals surface area contributed by atoms with Crippen molar-refractivity contribution in [2.75, 3.05) is 18.5 Å². The van der Waals surface area contributed by atoms with Crippen LogP contribution >= 0.6 is 0 Å². The van der Waals surface area contributed by atoms with Gasteiger partial charge in [0, 0.05) is 32.4 Å². The number of piperidine rings is 1. The van der Waals surface area contributed by atoms with E-state index in [1.165, 1.54) is 12.1 Å². The Labute approximate surface area is 157 Å². The number of benzene rings is 1. The molecule has 1 N–H and O–H groups in total. The van der Waals surface area contributed by atoms with Crippen molar-refractivity contribution in [2.45, 2.75) is 32.5 Å². The third-order valence-corrected chi connectivity index (χ3v) is 5.37. The van der Waals surface area contributed by atoms with Gasteiger partial charge in [-0.1, -0.05) is 6.92 Å². The van der Waals surface area contributed by atoms with Crippen LogP contribution in [-0.2, 0) is 6.54 Å². The van der Waals surface area contributed by atoms with Crippen LogP contribution in [0.3, 0.4) is 0 Å². The number of nitrogens with zero attached hydrogens (tertiary/aromatic N) is 4. The van der Waals surface area contributed by atoms with Crippen molar-refractivity contribution in [3.8, 4) is 0 Å². The molecular weight excluding hydrogens is 348 g/mol. The van der Waals surface area contributed by atoms with E-state index in [0.29, 0.717) is 18.0 Å². The maximum absolute atomic E-state index is 13.6.